The topological polar surface area (TPSA) is 98.7 Å². The van der Waals surface area contributed by atoms with E-state index in [1.807, 2.05) is 61.2 Å². The Labute approximate surface area is 216 Å². The van der Waals surface area contributed by atoms with E-state index >= 15 is 0 Å². The van der Waals surface area contributed by atoms with Crippen LogP contribution in [0.2, 0.25) is 0 Å². The number of anilines is 2. The van der Waals surface area contributed by atoms with Gasteiger partial charge in [-0.15, -0.1) is 0 Å². The zero-order valence-electron chi connectivity index (χ0n) is 21.2. The molecule has 3 heterocycles. The van der Waals surface area contributed by atoms with Gasteiger partial charge in [-0.2, -0.15) is 0 Å². The Morgan fingerprint density at radius 1 is 1.05 bits per heavy atom. The van der Waals surface area contributed by atoms with Gasteiger partial charge in [0.05, 0.1) is 5.56 Å². The van der Waals surface area contributed by atoms with Gasteiger partial charge in [0.15, 0.2) is 11.5 Å². The molecule has 1 saturated heterocycles. The number of nitrogens with one attached hydrogen (secondary N) is 1. The summed E-state index contributed by atoms with van der Waals surface area (Å²) in [7, 11) is 0. The minimum Gasteiger partial charge on any atom is -0.486 e. The highest BCUT2D eigenvalue weighted by Gasteiger charge is 2.33. The third kappa shape index (κ3) is 5.67. The van der Waals surface area contributed by atoms with Crippen molar-refractivity contribution >= 4 is 17.4 Å². The number of aryl methyl sites for hydroxylation is 1. The first kappa shape index (κ1) is 26.3. The van der Waals surface area contributed by atoms with Crippen molar-refractivity contribution in [3.63, 3.8) is 0 Å². The molecule has 1 fully saturated rings. The van der Waals surface area contributed by atoms with E-state index in [-0.39, 0.29) is 32.9 Å². The van der Waals surface area contributed by atoms with Crippen molar-refractivity contribution in [1.82, 2.24) is 11.1 Å². The Morgan fingerprint density at radius 3 is 2.62 bits per heavy atom. The summed E-state index contributed by atoms with van der Waals surface area (Å²) in [5.41, 5.74) is 4.39. The van der Waals surface area contributed by atoms with Crippen molar-refractivity contribution in [3.05, 3.63) is 65.4 Å². The lowest BCUT2D eigenvalue weighted by Crippen LogP contribution is -2.30. The number of alkyl halides is 2. The van der Waals surface area contributed by atoms with E-state index in [1.54, 1.807) is 6.20 Å². The molecule has 7 nitrogen and oxygen atoms in total. The van der Waals surface area contributed by atoms with E-state index in [0.29, 0.717) is 54.7 Å². The lowest BCUT2D eigenvalue weighted by atomic mass is 9.97. The Kier molecular flexibility index (Phi) is 7.63. The number of rotatable bonds is 4. The van der Waals surface area contributed by atoms with E-state index in [2.05, 4.69) is 10.3 Å². The van der Waals surface area contributed by atoms with Crippen LogP contribution in [-0.4, -0.2) is 43.1 Å². The van der Waals surface area contributed by atoms with E-state index in [4.69, 9.17) is 9.47 Å². The highest BCUT2D eigenvalue weighted by Crippen LogP contribution is 2.38. The maximum atomic E-state index is 14.1. The first-order valence-corrected chi connectivity index (χ1v) is 12.2. The fourth-order valence-electron chi connectivity index (χ4n) is 4.80. The molecule has 0 aliphatic carbocycles. The second-order valence-electron chi connectivity index (χ2n) is 9.37. The summed E-state index contributed by atoms with van der Waals surface area (Å²) in [5.74, 6) is -1.29. The van der Waals surface area contributed by atoms with Crippen molar-refractivity contribution in [2.75, 3.05) is 36.5 Å². The first-order valence-electron chi connectivity index (χ1n) is 12.2. The van der Waals surface area contributed by atoms with Gasteiger partial charge in [0.25, 0.3) is 5.91 Å². The van der Waals surface area contributed by atoms with Crippen LogP contribution in [0.5, 0.6) is 11.5 Å². The maximum absolute atomic E-state index is 14.1. The van der Waals surface area contributed by atoms with Crippen molar-refractivity contribution in [2.24, 2.45) is 0 Å². The second-order valence-corrected chi connectivity index (χ2v) is 9.37. The van der Waals surface area contributed by atoms with Crippen molar-refractivity contribution in [3.8, 4) is 22.6 Å². The van der Waals surface area contributed by atoms with Gasteiger partial charge < -0.3 is 25.8 Å². The monoisotopic (exact) mass is 512 g/mol. The predicted octanol–water partition coefficient (Wildman–Crippen LogP) is 6.42. The van der Waals surface area contributed by atoms with Gasteiger partial charge >= 0.3 is 0 Å². The minimum atomic E-state index is -2.71. The van der Waals surface area contributed by atoms with Crippen molar-refractivity contribution in [1.29, 1.82) is 0 Å². The average Bonchev–Trinajstić information content (AvgIpc) is 3.03. The molecule has 0 spiro atoms. The van der Waals surface area contributed by atoms with Crippen LogP contribution < -0.4 is 25.8 Å². The second kappa shape index (κ2) is 10.7. The summed E-state index contributed by atoms with van der Waals surface area (Å²) in [5, 5.41) is 2.98. The number of halogens is 2. The molecule has 37 heavy (non-hydrogen) atoms. The normalized spacial score (nSPS) is 16.4. The summed E-state index contributed by atoms with van der Waals surface area (Å²) < 4.78 is 39.6. The molecule has 0 bridgehead atoms. The molecule has 1 amide bonds. The van der Waals surface area contributed by atoms with E-state index in [9.17, 15) is 13.6 Å². The number of aromatic nitrogens is 1. The molecule has 2 aliphatic rings. The molecule has 2 aromatic carbocycles. The summed E-state index contributed by atoms with van der Waals surface area (Å²) >= 11 is 0. The standard InChI is InChI=1S/C28H29F2N3O3.H3N.H2/c1-18-5-3-6-21(15-18)32-27(34)25-19(2)22(20-7-8-23-24(16-20)36-14-13-35-23)17-31-26(25)33-11-4-9-28(29,30)10-12-33;;/h3,5-8,15-17H,4,9-14H2,1-2H3,(H,32,34);1H3;1H. The van der Waals surface area contributed by atoms with Gasteiger partial charge in [-0.05, 0) is 61.2 Å². The molecule has 9 heteroatoms. The van der Waals surface area contributed by atoms with Crippen molar-refractivity contribution in [2.45, 2.75) is 39.0 Å². The number of hydrogen-bond acceptors (Lipinski definition) is 6. The number of pyridine rings is 1. The quantitative estimate of drug-likeness (QED) is 0.418. The average molecular weight is 513 g/mol. The number of hydrogen-bond donors (Lipinski definition) is 2. The van der Waals surface area contributed by atoms with Crippen LogP contribution in [0.1, 0.15) is 42.2 Å². The number of fused-ring (bicyclic) bond motifs is 1. The molecule has 1 aromatic heterocycles. The fraction of sp³-hybridized carbons (Fsp3) is 0.357. The Hall–Kier alpha value is -3.72. The number of carbonyl (C=O) groups is 1. The van der Waals surface area contributed by atoms with Crippen LogP contribution in [-0.2, 0) is 0 Å². The fourth-order valence-corrected chi connectivity index (χ4v) is 4.80. The molecule has 3 aromatic rings. The number of carbonyl (C=O) groups excluding carboxylic acids is 1. The molecule has 4 N–H and O–H groups in total. The number of benzene rings is 2. The summed E-state index contributed by atoms with van der Waals surface area (Å²) in [6, 6.07) is 13.2. The molecule has 5 rings (SSSR count). The largest absolute Gasteiger partial charge is 0.486 e. The van der Waals surface area contributed by atoms with Gasteiger partial charge in [-0.3, -0.25) is 4.79 Å². The van der Waals surface area contributed by atoms with Gasteiger partial charge in [0.2, 0.25) is 5.92 Å². The number of ether oxygens (including phenoxy) is 2. The third-order valence-electron chi connectivity index (χ3n) is 6.69. The molecule has 0 unspecified atom stereocenters. The lowest BCUT2D eigenvalue weighted by molar-refractivity contribution is -0.0102. The molecule has 0 radical (unpaired) electrons. The Bertz CT molecular complexity index is 1310. The highest BCUT2D eigenvalue weighted by molar-refractivity contribution is 6.09. The van der Waals surface area contributed by atoms with Crippen LogP contribution in [0.25, 0.3) is 11.1 Å². The molecular formula is C28H34F2N4O3. The van der Waals surface area contributed by atoms with Gasteiger partial charge in [0.1, 0.15) is 19.0 Å². The zero-order valence-corrected chi connectivity index (χ0v) is 21.2. The first-order chi connectivity index (χ1) is 17.3. The summed E-state index contributed by atoms with van der Waals surface area (Å²) in [4.78, 5) is 20.2. The van der Waals surface area contributed by atoms with Crippen LogP contribution in [0.4, 0.5) is 20.3 Å². The Balaban J connectivity index is 0.00000200. The molecule has 198 valence electrons. The predicted molar refractivity (Wildman–Crippen MR) is 143 cm³/mol. The van der Waals surface area contributed by atoms with E-state index in [1.165, 1.54) is 0 Å². The van der Waals surface area contributed by atoms with Crippen LogP contribution in [0.3, 0.4) is 0 Å². The van der Waals surface area contributed by atoms with Crippen LogP contribution in [0, 0.1) is 13.8 Å². The van der Waals surface area contributed by atoms with Gasteiger partial charge in [0, 0.05) is 44.8 Å². The van der Waals surface area contributed by atoms with E-state index in [0.717, 1.165) is 22.3 Å². The smallest absolute Gasteiger partial charge is 0.259 e. The lowest BCUT2D eigenvalue weighted by Gasteiger charge is -2.26. The minimum absolute atomic E-state index is 0. The van der Waals surface area contributed by atoms with Gasteiger partial charge in [-0.25, -0.2) is 13.8 Å². The summed E-state index contributed by atoms with van der Waals surface area (Å²) in [6.45, 7) is 5.34. The Morgan fingerprint density at radius 2 is 1.84 bits per heavy atom. The van der Waals surface area contributed by atoms with Crippen molar-refractivity contribution < 1.29 is 24.5 Å². The number of nitrogens with zero attached hydrogens (tertiary/aromatic N) is 2. The van der Waals surface area contributed by atoms with Gasteiger partial charge in [-0.1, -0.05) is 18.2 Å². The SMILES string of the molecule is Cc1cccc(NC(=O)c2c(N3CCCC(F)(F)CC3)ncc(-c3ccc4c(c3)OCCO4)c2C)c1.N.[HH]. The van der Waals surface area contributed by atoms with Crippen LogP contribution >= 0.6 is 0 Å². The molecule has 2 aliphatic heterocycles. The molecule has 0 atom stereocenters. The number of amides is 1. The molecule has 0 saturated carbocycles. The highest BCUT2D eigenvalue weighted by atomic mass is 19.3. The molecular weight excluding hydrogens is 478 g/mol. The maximum Gasteiger partial charge on any atom is 0.259 e. The third-order valence-corrected chi connectivity index (χ3v) is 6.69. The zero-order chi connectivity index (χ0) is 25.3. The van der Waals surface area contributed by atoms with E-state index < -0.39 is 5.92 Å². The van der Waals surface area contributed by atoms with Crippen LogP contribution in [0.15, 0.2) is 48.7 Å². The summed E-state index contributed by atoms with van der Waals surface area (Å²) in [6.07, 6.45) is 1.61.